The molecule has 3 atom stereocenters. The first kappa shape index (κ1) is 23.3. The molecule has 2 aliphatic rings. The molecule has 6 rings (SSSR count). The van der Waals surface area contributed by atoms with Crippen LogP contribution in [0.2, 0.25) is 0 Å². The number of hydrogen-bond acceptors (Lipinski definition) is 6. The van der Waals surface area contributed by atoms with Gasteiger partial charge in [0.25, 0.3) is 0 Å². The summed E-state index contributed by atoms with van der Waals surface area (Å²) in [5.74, 6) is 0.509. The van der Waals surface area contributed by atoms with Crippen LogP contribution in [0.5, 0.6) is 17.2 Å². The van der Waals surface area contributed by atoms with E-state index < -0.39 is 27.6 Å². The number of fused-ring (bicyclic) bond motifs is 2. The molecule has 0 aromatic heterocycles. The van der Waals surface area contributed by atoms with Crippen LogP contribution < -0.4 is 4.18 Å². The normalized spacial score (nSPS) is 20.8. The van der Waals surface area contributed by atoms with Gasteiger partial charge in [-0.3, -0.25) is 0 Å². The van der Waals surface area contributed by atoms with E-state index in [0.717, 1.165) is 33.4 Å². The fourth-order valence-corrected chi connectivity index (χ4v) is 6.58. The molecule has 2 heterocycles. The van der Waals surface area contributed by atoms with Gasteiger partial charge in [0.2, 0.25) is 0 Å². The first-order chi connectivity index (χ1) is 17.9. The van der Waals surface area contributed by atoms with E-state index in [9.17, 15) is 18.6 Å². The predicted molar refractivity (Wildman–Crippen MR) is 142 cm³/mol. The predicted octanol–water partition coefficient (Wildman–Crippen LogP) is 5.62. The third kappa shape index (κ3) is 4.37. The third-order valence-corrected chi connectivity index (χ3v) is 8.50. The zero-order valence-corrected chi connectivity index (χ0v) is 20.5. The fraction of sp³-hybridized carbons (Fsp3) is 0.133. The van der Waals surface area contributed by atoms with E-state index in [0.29, 0.717) is 0 Å². The zero-order chi connectivity index (χ0) is 25.6. The van der Waals surface area contributed by atoms with Crippen LogP contribution in [0.1, 0.15) is 17.5 Å². The van der Waals surface area contributed by atoms with Crippen LogP contribution in [-0.4, -0.2) is 36.1 Å². The van der Waals surface area contributed by atoms with Crippen molar-refractivity contribution in [3.8, 4) is 28.4 Å². The van der Waals surface area contributed by atoms with Gasteiger partial charge in [0.05, 0.1) is 6.10 Å². The summed E-state index contributed by atoms with van der Waals surface area (Å²) in [7, 11) is -4.03. The molecule has 186 valence electrons. The average Bonchev–Trinajstić information content (AvgIpc) is 3.51. The minimum atomic E-state index is -4.03. The Hall–Kier alpha value is -4.07. The molecule has 2 bridgehead atoms. The van der Waals surface area contributed by atoms with Gasteiger partial charge in [-0.1, -0.05) is 66.7 Å². The smallest absolute Gasteiger partial charge is 0.315 e. The molecule has 0 radical (unpaired) electrons. The summed E-state index contributed by atoms with van der Waals surface area (Å²) >= 11 is 0. The number of rotatable bonds is 6. The first-order valence-electron chi connectivity index (χ1n) is 12.0. The Morgan fingerprint density at radius 2 is 1.16 bits per heavy atom. The number of ether oxygens (including phenoxy) is 1. The topological polar surface area (TPSA) is 93.1 Å². The van der Waals surface area contributed by atoms with Gasteiger partial charge in [-0.2, -0.15) is 8.42 Å². The third-order valence-electron chi connectivity index (χ3n) is 6.89. The molecule has 37 heavy (non-hydrogen) atoms. The molecule has 2 N–H and O–H groups in total. The van der Waals surface area contributed by atoms with Crippen LogP contribution >= 0.6 is 0 Å². The molecule has 0 spiro atoms. The lowest BCUT2D eigenvalue weighted by atomic mass is 9.83. The highest BCUT2D eigenvalue weighted by Crippen LogP contribution is 2.51. The molecular weight excluding hydrogens is 488 g/mol. The van der Waals surface area contributed by atoms with E-state index >= 15 is 0 Å². The highest BCUT2D eigenvalue weighted by Gasteiger charge is 2.53. The summed E-state index contributed by atoms with van der Waals surface area (Å²) in [5, 5.41) is 18.6. The van der Waals surface area contributed by atoms with Crippen molar-refractivity contribution in [1.29, 1.82) is 0 Å². The summed E-state index contributed by atoms with van der Waals surface area (Å²) in [6.07, 6.45) is -0.915. The van der Waals surface area contributed by atoms with Crippen LogP contribution in [0.15, 0.2) is 103 Å². The number of aromatic hydroxyl groups is 2. The molecule has 1 saturated heterocycles. The van der Waals surface area contributed by atoms with E-state index in [2.05, 4.69) is 0 Å². The van der Waals surface area contributed by atoms with Crippen molar-refractivity contribution in [3.05, 3.63) is 114 Å². The maximum atomic E-state index is 13.5. The molecule has 0 aliphatic carbocycles. The SMILES string of the molecule is O=S(=O)(Oc1ccc(-c2ccccc2)cc1)C1CC2OC1C(c1ccc(O)cc1)=C2c1ccc(O)cc1. The molecule has 3 unspecified atom stereocenters. The molecule has 2 aliphatic heterocycles. The van der Waals surface area contributed by atoms with Crippen LogP contribution in [0.3, 0.4) is 0 Å². The second-order valence-corrected chi connectivity index (χ2v) is 11.0. The first-order valence-corrected chi connectivity index (χ1v) is 13.4. The van der Waals surface area contributed by atoms with Gasteiger partial charge in [-0.15, -0.1) is 0 Å². The Bertz CT molecular complexity index is 1560. The minimum absolute atomic E-state index is 0.117. The average molecular weight is 513 g/mol. The van der Waals surface area contributed by atoms with Gasteiger partial charge in [-0.25, -0.2) is 0 Å². The number of hydrogen-bond donors (Lipinski definition) is 2. The lowest BCUT2D eigenvalue weighted by Crippen LogP contribution is -2.35. The number of benzene rings is 4. The maximum absolute atomic E-state index is 13.5. The minimum Gasteiger partial charge on any atom is -0.508 e. The molecule has 4 aromatic carbocycles. The van der Waals surface area contributed by atoms with Crippen molar-refractivity contribution in [1.82, 2.24) is 0 Å². The zero-order valence-electron chi connectivity index (χ0n) is 19.7. The second kappa shape index (κ2) is 9.10. The van der Waals surface area contributed by atoms with E-state index in [-0.39, 0.29) is 23.7 Å². The molecule has 6 nitrogen and oxygen atoms in total. The van der Waals surface area contributed by atoms with Crippen molar-refractivity contribution >= 4 is 21.3 Å². The molecule has 7 heteroatoms. The molecular formula is C30H24O6S. The summed E-state index contributed by atoms with van der Waals surface area (Å²) in [5.41, 5.74) is 5.24. The van der Waals surface area contributed by atoms with Gasteiger partial charge >= 0.3 is 10.1 Å². The second-order valence-electron chi connectivity index (χ2n) is 9.21. The van der Waals surface area contributed by atoms with Crippen molar-refractivity contribution < 1.29 is 27.6 Å². The number of phenolic OH excluding ortho intramolecular Hbond substituents is 2. The summed E-state index contributed by atoms with van der Waals surface area (Å²) < 4.78 is 38.7. The largest absolute Gasteiger partial charge is 0.508 e. The van der Waals surface area contributed by atoms with Crippen molar-refractivity contribution in [2.75, 3.05) is 0 Å². The van der Waals surface area contributed by atoms with Crippen LogP contribution in [-0.2, 0) is 14.9 Å². The highest BCUT2D eigenvalue weighted by atomic mass is 32.2. The Morgan fingerprint density at radius 3 is 1.76 bits per heavy atom. The molecule has 0 saturated carbocycles. The molecule has 0 amide bonds. The summed E-state index contributed by atoms with van der Waals surface area (Å²) in [6.45, 7) is 0. The highest BCUT2D eigenvalue weighted by molar-refractivity contribution is 7.87. The maximum Gasteiger partial charge on any atom is 0.315 e. The lowest BCUT2D eigenvalue weighted by Gasteiger charge is -2.24. The lowest BCUT2D eigenvalue weighted by molar-refractivity contribution is 0.128. The fourth-order valence-electron chi connectivity index (χ4n) is 5.16. The van der Waals surface area contributed by atoms with Gasteiger partial charge < -0.3 is 19.1 Å². The van der Waals surface area contributed by atoms with Crippen LogP contribution in [0.4, 0.5) is 0 Å². The standard InChI is InChI=1S/C30H24O6S/c31-23-12-6-21(7-13-23)28-26-18-27(30(35-26)29(28)22-8-14-24(32)15-9-22)37(33,34)36-25-16-10-20(11-17-25)19-4-2-1-3-5-19/h1-17,26-27,30-32H,18H2. The Balaban J connectivity index is 1.32. The van der Waals surface area contributed by atoms with E-state index in [1.165, 1.54) is 0 Å². The van der Waals surface area contributed by atoms with E-state index in [1.807, 2.05) is 42.5 Å². The van der Waals surface area contributed by atoms with Crippen LogP contribution in [0.25, 0.3) is 22.3 Å². The molecule has 4 aromatic rings. The van der Waals surface area contributed by atoms with Gasteiger partial charge in [0.15, 0.2) is 0 Å². The van der Waals surface area contributed by atoms with E-state index in [4.69, 9.17) is 8.92 Å². The Labute approximate surface area is 215 Å². The monoisotopic (exact) mass is 512 g/mol. The van der Waals surface area contributed by atoms with Gasteiger partial charge in [0.1, 0.15) is 28.6 Å². The summed E-state index contributed by atoms with van der Waals surface area (Å²) in [6, 6.07) is 30.2. The van der Waals surface area contributed by atoms with Crippen LogP contribution in [0, 0.1) is 0 Å². The van der Waals surface area contributed by atoms with Crippen molar-refractivity contribution in [2.24, 2.45) is 0 Å². The Morgan fingerprint density at radius 1 is 0.649 bits per heavy atom. The van der Waals surface area contributed by atoms with Crippen molar-refractivity contribution in [3.63, 3.8) is 0 Å². The number of phenols is 2. The van der Waals surface area contributed by atoms with E-state index in [1.54, 1.807) is 60.7 Å². The quantitative estimate of drug-likeness (QED) is 0.326. The Kier molecular flexibility index (Phi) is 5.74. The van der Waals surface area contributed by atoms with Gasteiger partial charge in [-0.05, 0) is 69.8 Å². The summed E-state index contributed by atoms with van der Waals surface area (Å²) in [4.78, 5) is 0. The van der Waals surface area contributed by atoms with Crippen molar-refractivity contribution in [2.45, 2.75) is 23.9 Å². The van der Waals surface area contributed by atoms with Gasteiger partial charge in [0, 0.05) is 6.42 Å². The molecule has 1 fully saturated rings.